The van der Waals surface area contributed by atoms with E-state index in [4.69, 9.17) is 0 Å². The van der Waals surface area contributed by atoms with Crippen LogP contribution in [-0.2, 0) is 4.79 Å². The molecular formula is C9H16OS. The highest BCUT2D eigenvalue weighted by Crippen LogP contribution is 2.34. The molecule has 0 aliphatic heterocycles. The van der Waals surface area contributed by atoms with Crippen molar-refractivity contribution < 1.29 is 4.79 Å². The number of carbonyl (C=O) groups excluding carboxylic acids is 1. The molecule has 2 heteroatoms. The number of ketones is 1. The van der Waals surface area contributed by atoms with Gasteiger partial charge >= 0.3 is 0 Å². The summed E-state index contributed by atoms with van der Waals surface area (Å²) in [5, 5.41) is 0. The van der Waals surface area contributed by atoms with Crippen LogP contribution in [0.25, 0.3) is 0 Å². The van der Waals surface area contributed by atoms with Crippen LogP contribution >= 0.6 is 11.8 Å². The first kappa shape index (κ1) is 9.11. The highest BCUT2D eigenvalue weighted by Gasteiger charge is 2.34. The predicted molar refractivity (Wildman–Crippen MR) is 50.0 cm³/mol. The van der Waals surface area contributed by atoms with Gasteiger partial charge in [-0.1, -0.05) is 13.3 Å². The zero-order valence-electron chi connectivity index (χ0n) is 7.35. The number of carbonyl (C=O) groups is 1. The van der Waals surface area contributed by atoms with Crippen molar-refractivity contribution in [3.63, 3.8) is 0 Å². The lowest BCUT2D eigenvalue weighted by Gasteiger charge is -2.31. The lowest BCUT2D eigenvalue weighted by Crippen LogP contribution is -2.33. The van der Waals surface area contributed by atoms with Crippen LogP contribution < -0.4 is 0 Å². The minimum Gasteiger partial charge on any atom is -0.299 e. The molecule has 1 aliphatic rings. The third-order valence-electron chi connectivity index (χ3n) is 2.52. The summed E-state index contributed by atoms with van der Waals surface area (Å²) in [5.74, 6) is 1.49. The molecule has 1 atom stereocenters. The molecule has 1 aliphatic carbocycles. The summed E-state index contributed by atoms with van der Waals surface area (Å²) in [6.07, 6.45) is 6.35. The number of hydrogen-bond donors (Lipinski definition) is 0. The Bertz CT molecular complexity index is 152. The molecule has 64 valence electrons. The first-order valence-electron chi connectivity index (χ1n) is 4.21. The average Bonchev–Trinajstić information content (AvgIpc) is 1.96. The molecule has 0 aromatic heterocycles. The van der Waals surface area contributed by atoms with E-state index in [0.29, 0.717) is 5.78 Å². The van der Waals surface area contributed by atoms with Crippen molar-refractivity contribution >= 4 is 17.5 Å². The molecule has 0 amide bonds. The average molecular weight is 172 g/mol. The highest BCUT2D eigenvalue weighted by atomic mass is 32.2. The van der Waals surface area contributed by atoms with Gasteiger partial charge in [-0.05, 0) is 19.1 Å². The van der Waals surface area contributed by atoms with Gasteiger partial charge < -0.3 is 0 Å². The summed E-state index contributed by atoms with van der Waals surface area (Å²) in [5.41, 5.74) is 0.0116. The molecule has 0 aromatic carbocycles. The molecule has 1 unspecified atom stereocenters. The molecule has 11 heavy (non-hydrogen) atoms. The number of thioether (sulfide) groups is 1. The van der Waals surface area contributed by atoms with E-state index in [9.17, 15) is 4.79 Å². The van der Waals surface area contributed by atoms with Crippen molar-refractivity contribution in [1.29, 1.82) is 0 Å². The third-order valence-corrected chi connectivity index (χ3v) is 3.44. The fourth-order valence-electron chi connectivity index (χ4n) is 1.71. The van der Waals surface area contributed by atoms with Crippen LogP contribution in [0, 0.1) is 5.41 Å². The largest absolute Gasteiger partial charge is 0.299 e. The zero-order chi connectivity index (χ0) is 8.32. The highest BCUT2D eigenvalue weighted by molar-refractivity contribution is 7.98. The summed E-state index contributed by atoms with van der Waals surface area (Å²) in [6.45, 7) is 2.12. The third kappa shape index (κ3) is 1.98. The van der Waals surface area contributed by atoms with E-state index in [0.717, 1.165) is 25.0 Å². The van der Waals surface area contributed by atoms with Gasteiger partial charge in [0.15, 0.2) is 0 Å². The molecule has 0 heterocycles. The van der Waals surface area contributed by atoms with Crippen LogP contribution in [0.15, 0.2) is 0 Å². The lowest BCUT2D eigenvalue weighted by atomic mass is 9.76. The van der Waals surface area contributed by atoms with Gasteiger partial charge in [-0.2, -0.15) is 11.8 Å². The summed E-state index contributed by atoms with van der Waals surface area (Å²) < 4.78 is 0. The Morgan fingerprint density at radius 2 is 2.27 bits per heavy atom. The van der Waals surface area contributed by atoms with Crippen molar-refractivity contribution in [3.05, 3.63) is 0 Å². The Kier molecular flexibility index (Phi) is 2.99. The van der Waals surface area contributed by atoms with Crippen LogP contribution in [0.1, 0.15) is 32.6 Å². The van der Waals surface area contributed by atoms with Gasteiger partial charge in [-0.25, -0.2) is 0 Å². The Morgan fingerprint density at radius 1 is 1.55 bits per heavy atom. The van der Waals surface area contributed by atoms with Crippen LogP contribution in [0.3, 0.4) is 0 Å². The summed E-state index contributed by atoms with van der Waals surface area (Å²) in [6, 6.07) is 0. The smallest absolute Gasteiger partial charge is 0.139 e. The van der Waals surface area contributed by atoms with E-state index in [2.05, 4.69) is 13.2 Å². The Morgan fingerprint density at radius 3 is 2.82 bits per heavy atom. The van der Waals surface area contributed by atoms with E-state index in [1.165, 1.54) is 6.42 Å². The van der Waals surface area contributed by atoms with Gasteiger partial charge in [0.05, 0.1) is 0 Å². The number of hydrogen-bond acceptors (Lipinski definition) is 2. The molecule has 0 aromatic rings. The first-order chi connectivity index (χ1) is 5.19. The number of Topliss-reactive ketones (excluding diaryl/α,β-unsaturated/α-hetero) is 1. The van der Waals surface area contributed by atoms with E-state index in [-0.39, 0.29) is 5.41 Å². The maximum Gasteiger partial charge on any atom is 0.139 e. The van der Waals surface area contributed by atoms with Crippen LogP contribution in [0.4, 0.5) is 0 Å². The van der Waals surface area contributed by atoms with E-state index < -0.39 is 0 Å². The minimum absolute atomic E-state index is 0.0116. The lowest BCUT2D eigenvalue weighted by molar-refractivity contribution is -0.128. The maximum atomic E-state index is 11.5. The van der Waals surface area contributed by atoms with Gasteiger partial charge in [0, 0.05) is 17.6 Å². The summed E-state index contributed by atoms with van der Waals surface area (Å²) >= 11 is 1.79. The van der Waals surface area contributed by atoms with Gasteiger partial charge in [-0.3, -0.25) is 4.79 Å². The zero-order valence-corrected chi connectivity index (χ0v) is 8.17. The number of rotatable bonds is 2. The second-order valence-electron chi connectivity index (χ2n) is 3.62. The monoisotopic (exact) mass is 172 g/mol. The fourth-order valence-corrected chi connectivity index (χ4v) is 2.66. The Hall–Kier alpha value is 0.0200. The van der Waals surface area contributed by atoms with Crippen molar-refractivity contribution in [2.75, 3.05) is 12.0 Å². The normalized spacial score (nSPS) is 32.4. The van der Waals surface area contributed by atoms with E-state index in [1.807, 2.05) is 0 Å². The van der Waals surface area contributed by atoms with E-state index in [1.54, 1.807) is 11.8 Å². The van der Waals surface area contributed by atoms with Crippen molar-refractivity contribution in [3.8, 4) is 0 Å². The summed E-state index contributed by atoms with van der Waals surface area (Å²) in [4.78, 5) is 11.5. The Balaban J connectivity index is 2.57. The molecular weight excluding hydrogens is 156 g/mol. The van der Waals surface area contributed by atoms with Crippen molar-refractivity contribution in [2.45, 2.75) is 32.6 Å². The summed E-state index contributed by atoms with van der Waals surface area (Å²) in [7, 11) is 0. The van der Waals surface area contributed by atoms with Gasteiger partial charge in [0.25, 0.3) is 0 Å². The van der Waals surface area contributed by atoms with Gasteiger partial charge in [0.1, 0.15) is 5.78 Å². The minimum atomic E-state index is 0.0116. The van der Waals surface area contributed by atoms with Crippen molar-refractivity contribution in [1.82, 2.24) is 0 Å². The van der Waals surface area contributed by atoms with Crippen LogP contribution in [0.5, 0.6) is 0 Å². The van der Waals surface area contributed by atoms with Gasteiger partial charge in [0.2, 0.25) is 0 Å². The topological polar surface area (TPSA) is 17.1 Å². The van der Waals surface area contributed by atoms with Crippen molar-refractivity contribution in [2.24, 2.45) is 5.41 Å². The predicted octanol–water partition coefficient (Wildman–Crippen LogP) is 2.50. The molecule has 1 saturated carbocycles. The quantitative estimate of drug-likeness (QED) is 0.636. The van der Waals surface area contributed by atoms with Crippen LogP contribution in [0.2, 0.25) is 0 Å². The first-order valence-corrected chi connectivity index (χ1v) is 5.61. The maximum absolute atomic E-state index is 11.5. The molecule has 1 fully saturated rings. The second kappa shape index (κ2) is 3.61. The molecule has 0 radical (unpaired) electrons. The Labute approximate surface area is 72.9 Å². The molecule has 1 rings (SSSR count). The standard InChI is InChI=1S/C9H16OS/c1-9(7-11-2)6-4-3-5-8(9)10/h3-7H2,1-2H3. The molecule has 0 bridgehead atoms. The molecule has 0 saturated heterocycles. The van der Waals surface area contributed by atoms with Crippen LogP contribution in [-0.4, -0.2) is 17.8 Å². The molecule has 1 nitrogen and oxygen atoms in total. The molecule has 0 spiro atoms. The second-order valence-corrected chi connectivity index (χ2v) is 4.49. The fraction of sp³-hybridized carbons (Fsp3) is 0.889. The SMILES string of the molecule is CSCC1(C)CCCCC1=O. The van der Waals surface area contributed by atoms with Gasteiger partial charge in [-0.15, -0.1) is 0 Å². The van der Waals surface area contributed by atoms with E-state index >= 15 is 0 Å². The molecule has 0 N–H and O–H groups in total.